The van der Waals surface area contributed by atoms with Gasteiger partial charge in [0.2, 0.25) is 35.4 Å². The summed E-state index contributed by atoms with van der Waals surface area (Å²) < 4.78 is 0. The number of hydrogen-bond donors (Lipinski definition) is 10. The number of carbonyl (C=O) groups excluding carboxylic acids is 6. The smallest absolute Gasteiger partial charge is 0.326 e. The third kappa shape index (κ3) is 23.1. The van der Waals surface area contributed by atoms with Crippen LogP contribution in [0.25, 0.3) is 0 Å². The van der Waals surface area contributed by atoms with E-state index in [0.29, 0.717) is 36.8 Å². The van der Waals surface area contributed by atoms with Crippen LogP contribution in [-0.4, -0.2) is 98.7 Å². The van der Waals surface area contributed by atoms with E-state index in [9.17, 15) is 54.0 Å². The van der Waals surface area contributed by atoms with Crippen molar-refractivity contribution in [1.82, 2.24) is 26.6 Å². The van der Waals surface area contributed by atoms with E-state index in [0.717, 1.165) is 64.2 Å². The van der Waals surface area contributed by atoms with Gasteiger partial charge in [0.1, 0.15) is 24.2 Å². The van der Waals surface area contributed by atoms with Crippen molar-refractivity contribution >= 4 is 41.4 Å². The molecule has 6 amide bonds. The Labute approximate surface area is 377 Å². The number of carbonyl (C=O) groups is 7. The van der Waals surface area contributed by atoms with Crippen LogP contribution in [0.1, 0.15) is 135 Å². The first-order valence-electron chi connectivity index (χ1n) is 22.7. The van der Waals surface area contributed by atoms with Crippen LogP contribution in [0.2, 0.25) is 0 Å². The lowest BCUT2D eigenvalue weighted by Crippen LogP contribution is -2.57. The fraction of sp³-hybridized carbons (Fsp3) is 0.596. The number of unbranched alkanes of at least 4 members (excludes halogenated alkanes) is 11. The summed E-state index contributed by atoms with van der Waals surface area (Å²) in [5.41, 5.74) is 6.71. The fourth-order valence-electron chi connectivity index (χ4n) is 7.13. The summed E-state index contributed by atoms with van der Waals surface area (Å²) in [6.07, 6.45) is 10.6. The summed E-state index contributed by atoms with van der Waals surface area (Å²) >= 11 is 0. The van der Waals surface area contributed by atoms with Crippen molar-refractivity contribution < 1.29 is 54.0 Å². The van der Waals surface area contributed by atoms with Crippen LogP contribution in [0.5, 0.6) is 11.5 Å². The van der Waals surface area contributed by atoms with Gasteiger partial charge in [-0.15, -0.1) is 0 Å². The molecule has 0 fully saturated rings. The molecule has 0 bridgehead atoms. The molecule has 17 nitrogen and oxygen atoms in total. The quantitative estimate of drug-likeness (QED) is 0.0363. The first kappa shape index (κ1) is 54.4. The van der Waals surface area contributed by atoms with E-state index in [1.165, 1.54) is 19.1 Å². The number of nitrogens with one attached hydrogen (secondary N) is 5. The number of aliphatic hydroxyl groups excluding tert-OH is 1. The zero-order chi connectivity index (χ0) is 47.4. The van der Waals surface area contributed by atoms with Gasteiger partial charge in [0.25, 0.3) is 0 Å². The number of nitrogens with two attached hydrogens (primary N) is 1. The average molecular weight is 897 g/mol. The minimum absolute atomic E-state index is 0.0356. The monoisotopic (exact) mass is 897 g/mol. The Morgan fingerprint density at radius 2 is 1.12 bits per heavy atom. The Hall–Kier alpha value is -5.71. The Morgan fingerprint density at radius 3 is 1.62 bits per heavy atom. The fourth-order valence-corrected chi connectivity index (χ4v) is 7.13. The molecule has 356 valence electrons. The number of amides is 6. The number of aliphatic carboxylic acids is 1. The van der Waals surface area contributed by atoms with Gasteiger partial charge in [-0.05, 0) is 61.8 Å². The maximum atomic E-state index is 13.2. The van der Waals surface area contributed by atoms with Gasteiger partial charge in [0.05, 0.1) is 12.5 Å². The maximum Gasteiger partial charge on any atom is 0.326 e. The lowest BCUT2D eigenvalue weighted by molar-refractivity contribution is -0.142. The van der Waals surface area contributed by atoms with Crippen molar-refractivity contribution in [2.24, 2.45) is 11.7 Å². The lowest BCUT2D eigenvalue weighted by atomic mass is 10.0. The highest BCUT2D eigenvalue weighted by Crippen LogP contribution is 2.25. The first-order chi connectivity index (χ1) is 30.5. The van der Waals surface area contributed by atoms with Gasteiger partial charge in [-0.25, -0.2) is 4.79 Å². The van der Waals surface area contributed by atoms with E-state index in [-0.39, 0.29) is 49.1 Å². The summed E-state index contributed by atoms with van der Waals surface area (Å²) in [6.45, 7) is 5.46. The largest absolute Gasteiger partial charge is 0.504 e. The van der Waals surface area contributed by atoms with Gasteiger partial charge in [0.15, 0.2) is 11.5 Å². The zero-order valence-electron chi connectivity index (χ0n) is 37.7. The van der Waals surface area contributed by atoms with Crippen molar-refractivity contribution in [3.8, 4) is 11.5 Å². The third-order valence-corrected chi connectivity index (χ3v) is 10.7. The molecule has 0 aromatic heterocycles. The first-order valence-corrected chi connectivity index (χ1v) is 22.7. The SMILES string of the molecule is CC(C)C[C@H](NC(=O)[C@@H](NC(=O)CCCCCCCCCCCCCCC(=O)N[C@@H](CC(N)=O)C(=O)N[C@@H](Cc1ccccc1)C(=O)O)[C@H](C)O)C(=O)NCCc1ccc(O)c(O)c1. The molecule has 0 aliphatic carbocycles. The summed E-state index contributed by atoms with van der Waals surface area (Å²) in [6, 6.07) is 8.55. The number of aliphatic hydroxyl groups is 1. The Morgan fingerprint density at radius 1 is 0.594 bits per heavy atom. The van der Waals surface area contributed by atoms with Crippen LogP contribution in [0.4, 0.5) is 0 Å². The molecule has 5 atom stereocenters. The second-order valence-corrected chi connectivity index (χ2v) is 17.0. The number of aromatic hydroxyl groups is 2. The van der Waals surface area contributed by atoms with E-state index in [1.54, 1.807) is 36.4 Å². The van der Waals surface area contributed by atoms with Gasteiger partial charge in [0, 0.05) is 25.8 Å². The zero-order valence-corrected chi connectivity index (χ0v) is 37.7. The lowest BCUT2D eigenvalue weighted by Gasteiger charge is -2.25. The van der Waals surface area contributed by atoms with Gasteiger partial charge in [-0.1, -0.05) is 114 Å². The molecule has 0 aliphatic heterocycles. The number of primary amides is 1. The minimum Gasteiger partial charge on any atom is -0.504 e. The normalized spacial score (nSPS) is 13.5. The number of phenols is 2. The number of hydrogen-bond acceptors (Lipinski definition) is 10. The van der Waals surface area contributed by atoms with E-state index in [1.807, 2.05) is 13.8 Å². The van der Waals surface area contributed by atoms with Crippen LogP contribution in [0.15, 0.2) is 48.5 Å². The molecule has 2 aromatic rings. The predicted octanol–water partition coefficient (Wildman–Crippen LogP) is 3.79. The number of phenolic OH excluding ortho intramolecular Hbond substituents is 2. The number of carboxylic acids is 1. The molecule has 64 heavy (non-hydrogen) atoms. The molecule has 0 spiro atoms. The molecule has 2 rings (SSSR count). The summed E-state index contributed by atoms with van der Waals surface area (Å²) in [5, 5.41) is 52.2. The van der Waals surface area contributed by atoms with Gasteiger partial charge >= 0.3 is 5.97 Å². The van der Waals surface area contributed by atoms with E-state index >= 15 is 0 Å². The van der Waals surface area contributed by atoms with E-state index in [4.69, 9.17) is 5.73 Å². The highest BCUT2D eigenvalue weighted by atomic mass is 16.4. The topological polar surface area (TPSA) is 287 Å². The summed E-state index contributed by atoms with van der Waals surface area (Å²) in [7, 11) is 0. The van der Waals surface area contributed by atoms with Crippen LogP contribution in [-0.2, 0) is 46.4 Å². The molecule has 11 N–H and O–H groups in total. The molecule has 0 saturated heterocycles. The molecule has 0 unspecified atom stereocenters. The molecular formula is C47H72N6O11. The van der Waals surface area contributed by atoms with Crippen molar-refractivity contribution in [2.45, 2.75) is 167 Å². The molecule has 0 heterocycles. The van der Waals surface area contributed by atoms with Crippen molar-refractivity contribution in [3.63, 3.8) is 0 Å². The highest BCUT2D eigenvalue weighted by Gasteiger charge is 2.31. The van der Waals surface area contributed by atoms with E-state index in [2.05, 4.69) is 26.6 Å². The van der Waals surface area contributed by atoms with Crippen molar-refractivity contribution in [1.29, 1.82) is 0 Å². The van der Waals surface area contributed by atoms with E-state index < -0.39 is 72.2 Å². The van der Waals surface area contributed by atoms with Crippen LogP contribution in [0, 0.1) is 5.92 Å². The molecule has 2 aromatic carbocycles. The molecule has 0 saturated carbocycles. The Balaban J connectivity index is 1.58. The number of carboxylic acid groups (broad SMARTS) is 1. The molecule has 0 radical (unpaired) electrons. The second-order valence-electron chi connectivity index (χ2n) is 17.0. The number of rotatable bonds is 33. The van der Waals surface area contributed by atoms with Crippen molar-refractivity contribution in [3.05, 3.63) is 59.7 Å². The standard InChI is InChI=1S/C47H72N6O11/c1-31(2)27-35(44(60)49-26-25-34-23-24-38(55)39(56)29-34)51-46(62)43(32(3)54)53-42(59)22-18-13-11-9-7-5-4-6-8-10-12-17-21-41(58)50-36(30-40(48)57)45(61)52-37(47(63)64)28-33-19-15-14-16-20-33/h14-16,19-20,23-24,29,31-32,35-37,43,54-56H,4-13,17-18,21-22,25-28,30H2,1-3H3,(H2,48,57)(H,49,60)(H,50,58)(H,51,62)(H,52,61)(H,53,59)(H,63,64)/t32-,35-,36-,37-,43-/m0/s1. The second kappa shape index (κ2) is 30.4. The van der Waals surface area contributed by atoms with Crippen LogP contribution in [0.3, 0.4) is 0 Å². The maximum absolute atomic E-state index is 13.2. The minimum atomic E-state index is -1.28. The number of benzene rings is 2. The van der Waals surface area contributed by atoms with Gasteiger partial charge in [-0.3, -0.25) is 28.8 Å². The van der Waals surface area contributed by atoms with Crippen LogP contribution >= 0.6 is 0 Å². The molecule has 0 aliphatic rings. The summed E-state index contributed by atoms with van der Waals surface area (Å²) in [5.74, 6) is -5.09. The molecule has 17 heteroatoms. The average Bonchev–Trinajstić information content (AvgIpc) is 3.23. The summed E-state index contributed by atoms with van der Waals surface area (Å²) in [4.78, 5) is 87.8. The molecular weight excluding hydrogens is 825 g/mol. The van der Waals surface area contributed by atoms with Gasteiger partial charge < -0.3 is 52.7 Å². The highest BCUT2D eigenvalue weighted by molar-refractivity contribution is 5.94. The predicted molar refractivity (Wildman–Crippen MR) is 242 cm³/mol. The Kier molecular flexibility index (Phi) is 25.8. The van der Waals surface area contributed by atoms with Crippen molar-refractivity contribution in [2.75, 3.05) is 6.54 Å². The third-order valence-electron chi connectivity index (χ3n) is 10.7. The Bertz CT molecular complexity index is 1770. The van der Waals surface area contributed by atoms with Gasteiger partial charge in [-0.2, -0.15) is 0 Å². The van der Waals surface area contributed by atoms with Crippen LogP contribution < -0.4 is 32.3 Å².